The molecule has 2 fully saturated rings. The van der Waals surface area contributed by atoms with Crippen LogP contribution in [0.15, 0.2) is 29.4 Å². The summed E-state index contributed by atoms with van der Waals surface area (Å²) in [7, 11) is 0. The summed E-state index contributed by atoms with van der Waals surface area (Å²) in [5.74, 6) is 0.953. The number of nitrogens with zero attached hydrogens (tertiary/aromatic N) is 2. The molecular formula is C19H23N3O2. The molecule has 126 valence electrons. The number of carbonyl (C=O) groups excluding carboxylic acids is 1. The van der Waals surface area contributed by atoms with Crippen LogP contribution < -0.4 is 10.2 Å². The zero-order valence-corrected chi connectivity index (χ0v) is 14.4. The van der Waals surface area contributed by atoms with Gasteiger partial charge in [0.25, 0.3) is 5.91 Å². The zero-order valence-electron chi connectivity index (χ0n) is 14.4. The highest BCUT2D eigenvalue weighted by atomic mass is 16.5. The summed E-state index contributed by atoms with van der Waals surface area (Å²) in [6, 6.07) is 8.71. The molecule has 2 aliphatic rings. The van der Waals surface area contributed by atoms with Gasteiger partial charge < -0.3 is 4.74 Å². The molecule has 24 heavy (non-hydrogen) atoms. The topological polar surface area (TPSA) is 74.5 Å². The van der Waals surface area contributed by atoms with Crippen LogP contribution in [0.25, 0.3) is 0 Å². The van der Waals surface area contributed by atoms with E-state index in [-0.39, 0.29) is 23.3 Å². The maximum atomic E-state index is 12.0. The van der Waals surface area contributed by atoms with E-state index in [0.29, 0.717) is 17.2 Å². The Balaban J connectivity index is 1.55. The molecule has 1 aromatic rings. The lowest BCUT2D eigenvalue weighted by Crippen LogP contribution is -2.35. The molecule has 2 unspecified atom stereocenters. The minimum Gasteiger partial charge on any atom is -0.484 e. The van der Waals surface area contributed by atoms with Crippen molar-refractivity contribution < 1.29 is 9.53 Å². The van der Waals surface area contributed by atoms with Gasteiger partial charge in [-0.15, -0.1) is 0 Å². The van der Waals surface area contributed by atoms with Crippen LogP contribution in [0.3, 0.4) is 0 Å². The number of hydrogen-bond donors (Lipinski definition) is 1. The van der Waals surface area contributed by atoms with E-state index in [2.05, 4.69) is 31.3 Å². The molecule has 1 amide bonds. The highest BCUT2D eigenvalue weighted by Gasteiger charge is 2.59. The molecule has 3 rings (SSSR count). The van der Waals surface area contributed by atoms with Gasteiger partial charge in [0.05, 0.1) is 11.6 Å². The number of carbonyl (C=O) groups is 1. The Labute approximate surface area is 142 Å². The normalized spacial score (nSPS) is 28.6. The number of hydrazone groups is 1. The number of amides is 1. The molecule has 0 heterocycles. The Kier molecular flexibility index (Phi) is 4.08. The quantitative estimate of drug-likeness (QED) is 0.863. The number of hydrogen-bond acceptors (Lipinski definition) is 4. The molecule has 0 spiro atoms. The molecule has 2 bridgehead atoms. The first-order valence-corrected chi connectivity index (χ1v) is 8.35. The third kappa shape index (κ3) is 2.66. The molecule has 2 aliphatic carbocycles. The minimum atomic E-state index is -0.268. The molecule has 1 N–H and O–H groups in total. The minimum absolute atomic E-state index is 0.0823. The van der Waals surface area contributed by atoms with Crippen molar-refractivity contribution in [2.45, 2.75) is 40.0 Å². The fourth-order valence-corrected chi connectivity index (χ4v) is 4.03. The van der Waals surface area contributed by atoms with E-state index in [1.54, 1.807) is 24.3 Å². The van der Waals surface area contributed by atoms with Crippen molar-refractivity contribution in [3.8, 4) is 11.8 Å². The first kappa shape index (κ1) is 16.5. The SMILES string of the molecule is CC12CCC(C/C1=N/NC(=O)COc1ccc(C#N)cc1)C2(C)C. The van der Waals surface area contributed by atoms with Crippen LogP contribution in [-0.2, 0) is 4.79 Å². The number of nitrogens with one attached hydrogen (secondary N) is 1. The summed E-state index contributed by atoms with van der Waals surface area (Å²) in [6.45, 7) is 6.79. The Morgan fingerprint density at radius 1 is 1.38 bits per heavy atom. The van der Waals surface area contributed by atoms with Crippen molar-refractivity contribution in [2.75, 3.05) is 6.61 Å². The van der Waals surface area contributed by atoms with Gasteiger partial charge in [-0.2, -0.15) is 10.4 Å². The van der Waals surface area contributed by atoms with Crippen LogP contribution in [0, 0.1) is 28.1 Å². The first-order chi connectivity index (χ1) is 11.4. The zero-order chi connectivity index (χ0) is 17.4. The van der Waals surface area contributed by atoms with Gasteiger partial charge in [-0.05, 0) is 54.9 Å². The maximum Gasteiger partial charge on any atom is 0.277 e. The van der Waals surface area contributed by atoms with E-state index in [4.69, 9.17) is 10.00 Å². The summed E-state index contributed by atoms with van der Waals surface area (Å²) in [5.41, 5.74) is 4.63. The lowest BCUT2D eigenvalue weighted by molar-refractivity contribution is -0.123. The van der Waals surface area contributed by atoms with Crippen LogP contribution in [0.5, 0.6) is 5.75 Å². The molecule has 0 aromatic heterocycles. The highest BCUT2D eigenvalue weighted by molar-refractivity contribution is 5.95. The Morgan fingerprint density at radius 3 is 2.62 bits per heavy atom. The second-order valence-corrected chi connectivity index (χ2v) is 7.51. The van der Waals surface area contributed by atoms with Gasteiger partial charge in [-0.1, -0.05) is 20.8 Å². The summed E-state index contributed by atoms with van der Waals surface area (Å²) in [5, 5.41) is 13.2. The summed E-state index contributed by atoms with van der Waals surface area (Å²) >= 11 is 0. The standard InChI is InChI=1S/C19H23N3O2/c1-18(2)14-8-9-19(18,3)16(10-14)21-22-17(23)12-24-15-6-4-13(11-20)5-7-15/h4-7,14H,8-10,12H2,1-3H3,(H,22,23)/b21-16-. The van der Waals surface area contributed by atoms with Gasteiger partial charge in [-0.25, -0.2) is 5.43 Å². The van der Waals surface area contributed by atoms with Crippen molar-refractivity contribution >= 4 is 11.6 Å². The Bertz CT molecular complexity index is 715. The maximum absolute atomic E-state index is 12.0. The molecule has 2 saturated carbocycles. The van der Waals surface area contributed by atoms with Crippen LogP contribution in [0.1, 0.15) is 45.6 Å². The number of rotatable bonds is 4. The predicted molar refractivity (Wildman–Crippen MR) is 91.5 cm³/mol. The number of fused-ring (bicyclic) bond motifs is 2. The molecule has 1 aromatic carbocycles. The summed E-state index contributed by atoms with van der Waals surface area (Å²) in [6.07, 6.45) is 3.36. The van der Waals surface area contributed by atoms with Gasteiger partial charge in [-0.3, -0.25) is 4.79 Å². The number of nitriles is 1. The predicted octanol–water partition coefficient (Wildman–Crippen LogP) is 3.26. The van der Waals surface area contributed by atoms with Gasteiger partial charge in [0, 0.05) is 11.1 Å². The van der Waals surface area contributed by atoms with Crippen LogP contribution in [0.2, 0.25) is 0 Å². The molecule has 5 heteroatoms. The number of ether oxygens (including phenoxy) is 1. The monoisotopic (exact) mass is 325 g/mol. The average Bonchev–Trinajstić information content (AvgIpc) is 2.91. The first-order valence-electron chi connectivity index (χ1n) is 8.35. The average molecular weight is 325 g/mol. The fraction of sp³-hybridized carbons (Fsp3) is 0.526. The van der Waals surface area contributed by atoms with Crippen molar-refractivity contribution in [2.24, 2.45) is 21.8 Å². The van der Waals surface area contributed by atoms with Crippen LogP contribution >= 0.6 is 0 Å². The van der Waals surface area contributed by atoms with E-state index in [9.17, 15) is 4.79 Å². The lowest BCUT2D eigenvalue weighted by Gasteiger charge is -2.34. The van der Waals surface area contributed by atoms with E-state index in [0.717, 1.165) is 18.6 Å². The summed E-state index contributed by atoms with van der Waals surface area (Å²) < 4.78 is 5.42. The molecule has 0 saturated heterocycles. The van der Waals surface area contributed by atoms with Crippen molar-refractivity contribution in [1.82, 2.24) is 5.43 Å². The van der Waals surface area contributed by atoms with Crippen LogP contribution in [0.4, 0.5) is 0 Å². The Hall–Kier alpha value is -2.35. The third-order valence-corrected chi connectivity index (χ3v) is 6.18. The third-order valence-electron chi connectivity index (χ3n) is 6.18. The lowest BCUT2D eigenvalue weighted by atomic mass is 9.70. The number of benzene rings is 1. The molecule has 0 aliphatic heterocycles. The van der Waals surface area contributed by atoms with E-state index >= 15 is 0 Å². The fourth-order valence-electron chi connectivity index (χ4n) is 4.03. The molecule has 5 nitrogen and oxygen atoms in total. The molecule has 0 radical (unpaired) electrons. The smallest absolute Gasteiger partial charge is 0.277 e. The summed E-state index contributed by atoms with van der Waals surface area (Å²) in [4.78, 5) is 12.0. The van der Waals surface area contributed by atoms with Crippen molar-refractivity contribution in [1.29, 1.82) is 5.26 Å². The van der Waals surface area contributed by atoms with E-state index in [1.807, 2.05) is 6.07 Å². The second-order valence-electron chi connectivity index (χ2n) is 7.51. The Morgan fingerprint density at radius 2 is 2.08 bits per heavy atom. The highest BCUT2D eigenvalue weighted by Crippen LogP contribution is 2.63. The van der Waals surface area contributed by atoms with E-state index in [1.165, 1.54) is 6.42 Å². The van der Waals surface area contributed by atoms with Gasteiger partial charge in [0.15, 0.2) is 6.61 Å². The van der Waals surface area contributed by atoms with Gasteiger partial charge in [0.2, 0.25) is 0 Å². The van der Waals surface area contributed by atoms with Crippen molar-refractivity contribution in [3.05, 3.63) is 29.8 Å². The van der Waals surface area contributed by atoms with E-state index < -0.39 is 0 Å². The molecule has 2 atom stereocenters. The largest absolute Gasteiger partial charge is 0.484 e. The second kappa shape index (κ2) is 5.94. The van der Waals surface area contributed by atoms with Gasteiger partial charge >= 0.3 is 0 Å². The van der Waals surface area contributed by atoms with Crippen LogP contribution in [-0.4, -0.2) is 18.2 Å². The van der Waals surface area contributed by atoms with Crippen molar-refractivity contribution in [3.63, 3.8) is 0 Å². The van der Waals surface area contributed by atoms with Gasteiger partial charge in [0.1, 0.15) is 5.75 Å². The molecular weight excluding hydrogens is 302 g/mol.